The molecule has 0 radical (unpaired) electrons. The fourth-order valence-electron chi connectivity index (χ4n) is 2.01. The maximum atomic E-state index is 5.93. The molecule has 104 valence electrons. The van der Waals surface area contributed by atoms with Gasteiger partial charge >= 0.3 is 0 Å². The zero-order chi connectivity index (χ0) is 14.2. The summed E-state index contributed by atoms with van der Waals surface area (Å²) in [5.74, 6) is 1.77. The first-order valence-electron chi connectivity index (χ1n) is 6.78. The van der Waals surface area contributed by atoms with Crippen molar-refractivity contribution in [3.05, 3.63) is 72.3 Å². The van der Waals surface area contributed by atoms with E-state index >= 15 is 0 Å². The molecule has 0 amide bonds. The zero-order valence-corrected chi connectivity index (χ0v) is 11.8. The van der Waals surface area contributed by atoms with Crippen molar-refractivity contribution in [1.82, 2.24) is 0 Å². The Bertz CT molecular complexity index is 547. The van der Waals surface area contributed by atoms with E-state index in [1.807, 2.05) is 42.5 Å². The summed E-state index contributed by atoms with van der Waals surface area (Å²) < 4.78 is 11.2. The lowest BCUT2D eigenvalue weighted by atomic mass is 10.1. The van der Waals surface area contributed by atoms with Crippen LogP contribution in [0.4, 0.5) is 0 Å². The van der Waals surface area contributed by atoms with Crippen LogP contribution in [0, 0.1) is 0 Å². The van der Waals surface area contributed by atoms with Gasteiger partial charge in [0.05, 0.1) is 7.11 Å². The molecule has 0 saturated heterocycles. The van der Waals surface area contributed by atoms with Gasteiger partial charge in [0.15, 0.2) is 0 Å². The minimum absolute atomic E-state index is 0.578. The molecule has 2 rings (SSSR count). The second-order valence-electron chi connectivity index (χ2n) is 4.58. The smallest absolute Gasteiger partial charge is 0.123 e. The number of hydrogen-bond donors (Lipinski definition) is 0. The maximum absolute atomic E-state index is 5.93. The van der Waals surface area contributed by atoms with Crippen molar-refractivity contribution in [2.75, 3.05) is 7.11 Å². The van der Waals surface area contributed by atoms with Gasteiger partial charge in [0, 0.05) is 0 Å². The number of methoxy groups -OCH3 is 1. The largest absolute Gasteiger partial charge is 0.497 e. The average molecular weight is 268 g/mol. The van der Waals surface area contributed by atoms with Gasteiger partial charge in [-0.15, -0.1) is 6.58 Å². The fraction of sp³-hybridized carbons (Fsp3) is 0.222. The fourth-order valence-corrected chi connectivity index (χ4v) is 2.01. The highest BCUT2D eigenvalue weighted by Crippen LogP contribution is 2.26. The van der Waals surface area contributed by atoms with Crippen LogP contribution in [0.1, 0.15) is 17.5 Å². The van der Waals surface area contributed by atoms with Crippen LogP contribution in [-0.2, 0) is 13.0 Å². The minimum Gasteiger partial charge on any atom is -0.497 e. The number of hydrogen-bond acceptors (Lipinski definition) is 2. The van der Waals surface area contributed by atoms with Gasteiger partial charge in [0.2, 0.25) is 0 Å². The lowest BCUT2D eigenvalue weighted by Gasteiger charge is -2.12. The average Bonchev–Trinajstić information content (AvgIpc) is 2.52. The first-order chi connectivity index (χ1) is 9.83. The molecule has 0 aliphatic rings. The van der Waals surface area contributed by atoms with Crippen molar-refractivity contribution in [3.8, 4) is 11.5 Å². The molecule has 2 heteroatoms. The highest BCUT2D eigenvalue weighted by Gasteiger charge is 2.05. The molecule has 0 N–H and O–H groups in total. The summed E-state index contributed by atoms with van der Waals surface area (Å²) in [5.41, 5.74) is 2.32. The molecule has 0 fully saturated rings. The highest BCUT2D eigenvalue weighted by molar-refractivity contribution is 5.40. The highest BCUT2D eigenvalue weighted by atomic mass is 16.5. The zero-order valence-electron chi connectivity index (χ0n) is 11.8. The van der Waals surface area contributed by atoms with Gasteiger partial charge in [-0.2, -0.15) is 0 Å². The number of rotatable bonds is 7. The lowest BCUT2D eigenvalue weighted by Crippen LogP contribution is -1.99. The Balaban J connectivity index is 2.11. The van der Waals surface area contributed by atoms with Crippen LogP contribution in [-0.4, -0.2) is 7.11 Å². The van der Waals surface area contributed by atoms with E-state index < -0.39 is 0 Å². The Kier molecular flexibility index (Phi) is 5.24. The first-order valence-corrected chi connectivity index (χ1v) is 6.78. The molecule has 0 heterocycles. The van der Waals surface area contributed by atoms with E-state index in [2.05, 4.69) is 18.7 Å². The predicted octanol–water partition coefficient (Wildman–Crippen LogP) is 4.39. The molecule has 2 aromatic rings. The van der Waals surface area contributed by atoms with E-state index in [1.54, 1.807) is 7.11 Å². The van der Waals surface area contributed by atoms with Gasteiger partial charge in [0.25, 0.3) is 0 Å². The standard InChI is InChI=1S/C18H20O2/c1-3-4-10-16-13-17(19-2)11-12-18(16)20-14-15-8-6-5-7-9-15/h3,5-9,11-13H,1,4,10,14H2,2H3. The van der Waals surface area contributed by atoms with E-state index in [0.29, 0.717) is 6.61 Å². The van der Waals surface area contributed by atoms with Gasteiger partial charge in [-0.25, -0.2) is 0 Å². The Morgan fingerprint density at radius 1 is 1.10 bits per heavy atom. The molecule has 20 heavy (non-hydrogen) atoms. The van der Waals surface area contributed by atoms with Crippen molar-refractivity contribution < 1.29 is 9.47 Å². The van der Waals surface area contributed by atoms with Gasteiger partial charge < -0.3 is 9.47 Å². The molecule has 0 unspecified atom stereocenters. The molecular formula is C18H20O2. The molecule has 0 saturated carbocycles. The molecule has 2 aromatic carbocycles. The first kappa shape index (κ1) is 14.2. The molecule has 0 bridgehead atoms. The summed E-state index contributed by atoms with van der Waals surface area (Å²) in [6, 6.07) is 16.1. The normalized spacial score (nSPS) is 10.1. The van der Waals surface area contributed by atoms with Gasteiger partial charge in [-0.05, 0) is 42.2 Å². The minimum atomic E-state index is 0.578. The van der Waals surface area contributed by atoms with Gasteiger partial charge in [-0.1, -0.05) is 36.4 Å². The molecule has 0 aromatic heterocycles. The molecule has 0 aliphatic heterocycles. The molecule has 0 aliphatic carbocycles. The van der Waals surface area contributed by atoms with Crippen molar-refractivity contribution in [2.24, 2.45) is 0 Å². The molecule has 0 atom stereocenters. The number of ether oxygens (including phenoxy) is 2. The monoisotopic (exact) mass is 268 g/mol. The molecule has 2 nitrogen and oxygen atoms in total. The van der Waals surface area contributed by atoms with Crippen LogP contribution in [0.15, 0.2) is 61.2 Å². The van der Waals surface area contributed by atoms with E-state index in [-0.39, 0.29) is 0 Å². The Morgan fingerprint density at radius 2 is 1.90 bits per heavy atom. The summed E-state index contributed by atoms with van der Waals surface area (Å²) in [7, 11) is 1.68. The van der Waals surface area contributed by atoms with Crippen LogP contribution < -0.4 is 9.47 Å². The van der Waals surface area contributed by atoms with Crippen molar-refractivity contribution in [2.45, 2.75) is 19.4 Å². The second kappa shape index (κ2) is 7.39. The van der Waals surface area contributed by atoms with Crippen LogP contribution in [0.3, 0.4) is 0 Å². The molecular weight excluding hydrogens is 248 g/mol. The topological polar surface area (TPSA) is 18.5 Å². The number of allylic oxidation sites excluding steroid dienone is 1. The quantitative estimate of drug-likeness (QED) is 0.693. The summed E-state index contributed by atoms with van der Waals surface area (Å²) in [6.07, 6.45) is 3.75. The van der Waals surface area contributed by atoms with E-state index in [9.17, 15) is 0 Å². The SMILES string of the molecule is C=CCCc1cc(OC)ccc1OCc1ccccc1. The number of aryl methyl sites for hydroxylation is 1. The van der Waals surface area contributed by atoms with E-state index in [0.717, 1.165) is 35.5 Å². The summed E-state index contributed by atoms with van der Waals surface area (Å²) >= 11 is 0. The third-order valence-electron chi connectivity index (χ3n) is 3.12. The van der Waals surface area contributed by atoms with Gasteiger partial charge in [-0.3, -0.25) is 0 Å². The van der Waals surface area contributed by atoms with Crippen LogP contribution in [0.25, 0.3) is 0 Å². The van der Waals surface area contributed by atoms with Crippen molar-refractivity contribution in [1.29, 1.82) is 0 Å². The molecule has 0 spiro atoms. The Labute approximate surface area is 120 Å². The lowest BCUT2D eigenvalue weighted by molar-refractivity contribution is 0.302. The summed E-state index contributed by atoms with van der Waals surface area (Å²) in [5, 5.41) is 0. The Hall–Kier alpha value is -2.22. The second-order valence-corrected chi connectivity index (χ2v) is 4.58. The van der Waals surface area contributed by atoms with Crippen LogP contribution in [0.2, 0.25) is 0 Å². The van der Waals surface area contributed by atoms with E-state index in [1.165, 1.54) is 0 Å². The third-order valence-corrected chi connectivity index (χ3v) is 3.12. The van der Waals surface area contributed by atoms with Crippen molar-refractivity contribution in [3.63, 3.8) is 0 Å². The van der Waals surface area contributed by atoms with Crippen LogP contribution >= 0.6 is 0 Å². The van der Waals surface area contributed by atoms with Gasteiger partial charge in [0.1, 0.15) is 18.1 Å². The van der Waals surface area contributed by atoms with E-state index in [4.69, 9.17) is 9.47 Å². The third kappa shape index (κ3) is 3.89. The summed E-state index contributed by atoms with van der Waals surface area (Å²) in [6.45, 7) is 4.35. The van der Waals surface area contributed by atoms with Crippen LogP contribution in [0.5, 0.6) is 11.5 Å². The Morgan fingerprint density at radius 3 is 2.60 bits per heavy atom. The summed E-state index contributed by atoms with van der Waals surface area (Å²) in [4.78, 5) is 0. The predicted molar refractivity (Wildman–Crippen MR) is 82.3 cm³/mol. The number of benzene rings is 2. The van der Waals surface area contributed by atoms with Crippen molar-refractivity contribution >= 4 is 0 Å². The maximum Gasteiger partial charge on any atom is 0.123 e.